The first-order valence-electron chi connectivity index (χ1n) is 5.56. The van der Waals surface area contributed by atoms with Crippen molar-refractivity contribution in [3.05, 3.63) is 23.3 Å². The van der Waals surface area contributed by atoms with Crippen LogP contribution in [0.2, 0.25) is 0 Å². The number of rotatable bonds is 5. The van der Waals surface area contributed by atoms with Gasteiger partial charge < -0.3 is 15.2 Å². The van der Waals surface area contributed by atoms with E-state index < -0.39 is 0 Å². The first kappa shape index (κ1) is 12.8. The van der Waals surface area contributed by atoms with Crippen molar-refractivity contribution in [2.45, 2.75) is 26.2 Å². The number of hydrogen-bond donors (Lipinski definition) is 1. The zero-order chi connectivity index (χ0) is 12.1. The van der Waals surface area contributed by atoms with Gasteiger partial charge in [-0.1, -0.05) is 6.92 Å². The molecule has 0 radical (unpaired) electrons. The van der Waals surface area contributed by atoms with Gasteiger partial charge >= 0.3 is 0 Å². The number of hydrogen-bond acceptors (Lipinski definition) is 3. The molecule has 1 atom stereocenters. The Kier molecular flexibility index (Phi) is 4.62. The minimum atomic E-state index is 0.384. The van der Waals surface area contributed by atoms with Gasteiger partial charge in [-0.15, -0.1) is 0 Å². The summed E-state index contributed by atoms with van der Waals surface area (Å²) in [5.41, 5.74) is 7.84. The van der Waals surface area contributed by atoms with Crippen molar-refractivity contribution in [3.8, 4) is 11.5 Å². The summed E-state index contributed by atoms with van der Waals surface area (Å²) in [5, 5.41) is 0. The lowest BCUT2D eigenvalue weighted by Gasteiger charge is -2.17. The van der Waals surface area contributed by atoms with Gasteiger partial charge in [-0.25, -0.2) is 0 Å². The zero-order valence-corrected chi connectivity index (χ0v) is 10.5. The maximum absolute atomic E-state index is 5.59. The summed E-state index contributed by atoms with van der Waals surface area (Å²) in [5.74, 6) is 2.20. The Labute approximate surface area is 97.6 Å². The molecule has 0 aliphatic rings. The van der Waals surface area contributed by atoms with Crippen LogP contribution in [0.1, 0.15) is 30.4 Å². The van der Waals surface area contributed by atoms with Gasteiger partial charge in [0.25, 0.3) is 0 Å². The number of nitrogens with two attached hydrogens (primary N) is 1. The monoisotopic (exact) mass is 223 g/mol. The molecule has 0 aliphatic carbocycles. The Morgan fingerprint density at radius 1 is 1.19 bits per heavy atom. The molecule has 0 saturated heterocycles. The molecule has 0 heterocycles. The van der Waals surface area contributed by atoms with Gasteiger partial charge in [0.2, 0.25) is 0 Å². The highest BCUT2D eigenvalue weighted by Crippen LogP contribution is 2.34. The zero-order valence-electron chi connectivity index (χ0n) is 10.5. The van der Waals surface area contributed by atoms with Gasteiger partial charge in [0.15, 0.2) is 0 Å². The third-order valence-electron chi connectivity index (χ3n) is 2.88. The highest BCUT2D eigenvalue weighted by atomic mass is 16.5. The fourth-order valence-corrected chi connectivity index (χ4v) is 1.86. The van der Waals surface area contributed by atoms with Crippen LogP contribution >= 0.6 is 0 Å². The molecule has 1 unspecified atom stereocenters. The predicted molar refractivity (Wildman–Crippen MR) is 66.4 cm³/mol. The van der Waals surface area contributed by atoms with Crippen LogP contribution in [-0.2, 0) is 0 Å². The Morgan fingerprint density at radius 2 is 1.81 bits per heavy atom. The summed E-state index contributed by atoms with van der Waals surface area (Å²) >= 11 is 0. The summed E-state index contributed by atoms with van der Waals surface area (Å²) in [4.78, 5) is 0. The van der Waals surface area contributed by atoms with Crippen LogP contribution in [0.15, 0.2) is 12.1 Å². The second-order valence-corrected chi connectivity index (χ2v) is 4.04. The second-order valence-electron chi connectivity index (χ2n) is 4.04. The number of methoxy groups -OCH3 is 2. The van der Waals surface area contributed by atoms with Gasteiger partial charge in [0.05, 0.1) is 14.2 Å². The molecule has 90 valence electrons. The molecule has 0 bridgehead atoms. The largest absolute Gasteiger partial charge is 0.496 e. The fourth-order valence-electron chi connectivity index (χ4n) is 1.86. The first-order valence-corrected chi connectivity index (χ1v) is 5.56. The van der Waals surface area contributed by atoms with Crippen molar-refractivity contribution in [1.29, 1.82) is 0 Å². The van der Waals surface area contributed by atoms with Crippen molar-refractivity contribution < 1.29 is 9.47 Å². The standard InChI is InChI=1S/C13H21NO2/c1-9(5-6-14)11-8-12(15-3)10(2)7-13(11)16-4/h7-9H,5-6,14H2,1-4H3. The summed E-state index contributed by atoms with van der Waals surface area (Å²) in [6.45, 7) is 4.85. The highest BCUT2D eigenvalue weighted by molar-refractivity contribution is 5.47. The predicted octanol–water partition coefficient (Wildman–Crippen LogP) is 2.46. The summed E-state index contributed by atoms with van der Waals surface area (Å²) in [7, 11) is 3.38. The minimum Gasteiger partial charge on any atom is -0.496 e. The van der Waals surface area contributed by atoms with Crippen molar-refractivity contribution in [1.82, 2.24) is 0 Å². The molecule has 2 N–H and O–H groups in total. The average molecular weight is 223 g/mol. The third kappa shape index (κ3) is 2.67. The lowest BCUT2D eigenvalue weighted by Crippen LogP contribution is -2.06. The van der Waals surface area contributed by atoms with Crippen LogP contribution in [0.4, 0.5) is 0 Å². The van der Waals surface area contributed by atoms with E-state index in [0.29, 0.717) is 12.5 Å². The van der Waals surface area contributed by atoms with E-state index in [9.17, 15) is 0 Å². The molecule has 0 saturated carbocycles. The van der Waals surface area contributed by atoms with Crippen molar-refractivity contribution in [2.75, 3.05) is 20.8 Å². The molecule has 1 rings (SSSR count). The average Bonchev–Trinajstić information content (AvgIpc) is 2.28. The molecule has 16 heavy (non-hydrogen) atoms. The van der Waals surface area contributed by atoms with Gasteiger partial charge in [-0.3, -0.25) is 0 Å². The van der Waals surface area contributed by atoms with E-state index in [1.165, 1.54) is 0 Å². The molecule has 0 amide bonds. The Balaban J connectivity index is 3.13. The van der Waals surface area contributed by atoms with Gasteiger partial charge in [-0.2, -0.15) is 0 Å². The SMILES string of the molecule is COc1cc(C(C)CCN)c(OC)cc1C. The van der Waals surface area contributed by atoms with Crippen molar-refractivity contribution >= 4 is 0 Å². The van der Waals surface area contributed by atoms with E-state index in [1.807, 2.05) is 13.0 Å². The summed E-state index contributed by atoms with van der Waals surface area (Å²) in [6, 6.07) is 4.07. The number of benzene rings is 1. The summed E-state index contributed by atoms with van der Waals surface area (Å²) < 4.78 is 10.7. The Morgan fingerprint density at radius 3 is 2.31 bits per heavy atom. The molecule has 3 nitrogen and oxygen atoms in total. The molecular formula is C13H21NO2. The van der Waals surface area contributed by atoms with E-state index in [-0.39, 0.29) is 0 Å². The minimum absolute atomic E-state index is 0.384. The lowest BCUT2D eigenvalue weighted by molar-refractivity contribution is 0.393. The van der Waals surface area contributed by atoms with E-state index >= 15 is 0 Å². The maximum Gasteiger partial charge on any atom is 0.122 e. The van der Waals surface area contributed by atoms with Crippen LogP contribution in [-0.4, -0.2) is 20.8 Å². The van der Waals surface area contributed by atoms with E-state index in [2.05, 4.69) is 13.0 Å². The molecule has 1 aromatic carbocycles. The van der Waals surface area contributed by atoms with Gasteiger partial charge in [0, 0.05) is 5.56 Å². The topological polar surface area (TPSA) is 44.5 Å². The molecule has 0 spiro atoms. The van der Waals surface area contributed by atoms with Gasteiger partial charge in [0.1, 0.15) is 11.5 Å². The summed E-state index contributed by atoms with van der Waals surface area (Å²) in [6.07, 6.45) is 0.947. The number of ether oxygens (including phenoxy) is 2. The molecule has 1 aromatic rings. The van der Waals surface area contributed by atoms with Gasteiger partial charge in [-0.05, 0) is 43.5 Å². The molecule has 0 fully saturated rings. The van der Waals surface area contributed by atoms with E-state index in [1.54, 1.807) is 14.2 Å². The highest BCUT2D eigenvalue weighted by Gasteiger charge is 2.14. The third-order valence-corrected chi connectivity index (χ3v) is 2.88. The Hall–Kier alpha value is -1.22. The smallest absolute Gasteiger partial charge is 0.122 e. The van der Waals surface area contributed by atoms with Crippen LogP contribution in [0.3, 0.4) is 0 Å². The van der Waals surface area contributed by atoms with Crippen LogP contribution in [0, 0.1) is 6.92 Å². The van der Waals surface area contributed by atoms with Crippen LogP contribution < -0.4 is 15.2 Å². The normalized spacial score (nSPS) is 12.3. The molecule has 3 heteroatoms. The maximum atomic E-state index is 5.59. The van der Waals surface area contributed by atoms with E-state index in [0.717, 1.165) is 29.0 Å². The van der Waals surface area contributed by atoms with Crippen LogP contribution in [0.25, 0.3) is 0 Å². The molecular weight excluding hydrogens is 202 g/mol. The van der Waals surface area contributed by atoms with Crippen molar-refractivity contribution in [3.63, 3.8) is 0 Å². The quantitative estimate of drug-likeness (QED) is 0.834. The lowest BCUT2D eigenvalue weighted by atomic mass is 9.95. The molecule has 0 aliphatic heterocycles. The molecule has 0 aromatic heterocycles. The Bertz CT molecular complexity index is 350. The number of aryl methyl sites for hydroxylation is 1. The fraction of sp³-hybridized carbons (Fsp3) is 0.538. The van der Waals surface area contributed by atoms with Crippen LogP contribution in [0.5, 0.6) is 11.5 Å². The van der Waals surface area contributed by atoms with E-state index in [4.69, 9.17) is 15.2 Å². The first-order chi connectivity index (χ1) is 7.63. The second kappa shape index (κ2) is 5.75. The van der Waals surface area contributed by atoms with Crippen molar-refractivity contribution in [2.24, 2.45) is 5.73 Å².